The van der Waals surface area contributed by atoms with Crippen molar-refractivity contribution < 1.29 is 0 Å². The Hall–Kier alpha value is -2.28. The molecule has 0 bridgehead atoms. The number of pyridine rings is 1. The zero-order valence-corrected chi connectivity index (χ0v) is 17.0. The summed E-state index contributed by atoms with van der Waals surface area (Å²) in [5.41, 5.74) is 2.43. The summed E-state index contributed by atoms with van der Waals surface area (Å²) in [6.07, 6.45) is 4.93. The van der Waals surface area contributed by atoms with Crippen molar-refractivity contribution in [3.63, 3.8) is 0 Å². The number of benzene rings is 1. The van der Waals surface area contributed by atoms with Crippen molar-refractivity contribution in [3.05, 3.63) is 60.4 Å². The Kier molecular flexibility index (Phi) is 6.92. The van der Waals surface area contributed by atoms with Crippen molar-refractivity contribution in [2.45, 2.75) is 13.0 Å². The average Bonchev–Trinajstić information content (AvgIpc) is 3.11. The molecule has 27 heavy (non-hydrogen) atoms. The van der Waals surface area contributed by atoms with Crippen LogP contribution < -0.4 is 5.32 Å². The summed E-state index contributed by atoms with van der Waals surface area (Å²) < 4.78 is 0. The predicted molar refractivity (Wildman–Crippen MR) is 115 cm³/mol. The number of rotatable bonds is 9. The molecule has 0 saturated heterocycles. The summed E-state index contributed by atoms with van der Waals surface area (Å²) in [6, 6.07) is 14.5. The lowest BCUT2D eigenvalue weighted by Crippen LogP contribution is -2.23. The fraction of sp³-hybridized carbons (Fsp3) is 0.333. The Morgan fingerprint density at radius 3 is 2.59 bits per heavy atom. The minimum atomic E-state index is 0.836. The molecule has 0 atom stereocenters. The van der Waals surface area contributed by atoms with E-state index < -0.39 is 0 Å². The third kappa shape index (κ3) is 6.13. The van der Waals surface area contributed by atoms with Crippen molar-refractivity contribution in [2.24, 2.45) is 0 Å². The molecule has 0 amide bonds. The lowest BCUT2D eigenvalue weighted by Gasteiger charge is -2.18. The van der Waals surface area contributed by atoms with Gasteiger partial charge in [0.1, 0.15) is 5.82 Å². The maximum absolute atomic E-state index is 4.49. The van der Waals surface area contributed by atoms with Gasteiger partial charge in [0.05, 0.1) is 4.88 Å². The lowest BCUT2D eigenvalue weighted by molar-refractivity contribution is 0.294. The fourth-order valence-corrected chi connectivity index (χ4v) is 3.69. The molecule has 0 radical (unpaired) electrons. The first-order valence-corrected chi connectivity index (χ1v) is 9.98. The number of thiazole rings is 1. The molecule has 0 fully saturated rings. The van der Waals surface area contributed by atoms with Crippen LogP contribution in [0, 0.1) is 0 Å². The topological polar surface area (TPSA) is 44.3 Å². The van der Waals surface area contributed by atoms with Crippen LogP contribution in [0.2, 0.25) is 0 Å². The van der Waals surface area contributed by atoms with Gasteiger partial charge in [-0.3, -0.25) is 0 Å². The zero-order valence-electron chi connectivity index (χ0n) is 16.2. The summed E-state index contributed by atoms with van der Waals surface area (Å²) >= 11 is 1.64. The van der Waals surface area contributed by atoms with Gasteiger partial charge in [0.25, 0.3) is 0 Å². The van der Waals surface area contributed by atoms with Gasteiger partial charge in [0.15, 0.2) is 5.13 Å². The minimum absolute atomic E-state index is 0.836. The van der Waals surface area contributed by atoms with E-state index in [9.17, 15) is 0 Å². The van der Waals surface area contributed by atoms with Crippen LogP contribution in [0.5, 0.6) is 0 Å². The van der Waals surface area contributed by atoms with Crippen LogP contribution in [-0.4, -0.2) is 54.0 Å². The van der Waals surface area contributed by atoms with E-state index in [-0.39, 0.29) is 0 Å². The largest absolute Gasteiger partial charge is 0.316 e. The van der Waals surface area contributed by atoms with Crippen LogP contribution in [0.15, 0.2) is 54.9 Å². The molecule has 3 aromatic rings. The van der Waals surface area contributed by atoms with Gasteiger partial charge in [-0.2, -0.15) is 0 Å². The number of anilines is 2. The molecule has 0 spiro atoms. The van der Waals surface area contributed by atoms with E-state index in [0.29, 0.717) is 0 Å². The molecular formula is C21H27N5S. The first kappa shape index (κ1) is 19.5. The molecule has 2 aromatic heterocycles. The molecule has 0 aliphatic carbocycles. The highest BCUT2D eigenvalue weighted by Crippen LogP contribution is 2.30. The van der Waals surface area contributed by atoms with Crippen molar-refractivity contribution in [2.75, 3.05) is 39.5 Å². The van der Waals surface area contributed by atoms with Gasteiger partial charge in [0.2, 0.25) is 0 Å². The molecule has 1 aromatic carbocycles. The molecule has 2 heterocycles. The van der Waals surface area contributed by atoms with Gasteiger partial charge in [-0.25, -0.2) is 9.97 Å². The minimum Gasteiger partial charge on any atom is -0.316 e. The summed E-state index contributed by atoms with van der Waals surface area (Å²) in [7, 11) is 6.39. The third-order valence-electron chi connectivity index (χ3n) is 4.22. The molecule has 0 aliphatic heterocycles. The Bertz CT molecular complexity index is 831. The molecule has 1 N–H and O–H groups in total. The highest BCUT2D eigenvalue weighted by Gasteiger charge is 2.07. The van der Waals surface area contributed by atoms with E-state index in [0.717, 1.165) is 35.5 Å². The number of nitrogens with one attached hydrogen (secondary N) is 1. The molecule has 142 valence electrons. The second kappa shape index (κ2) is 9.60. The molecular weight excluding hydrogens is 354 g/mol. The first-order valence-electron chi connectivity index (χ1n) is 9.16. The highest BCUT2D eigenvalue weighted by molar-refractivity contribution is 7.18. The summed E-state index contributed by atoms with van der Waals surface area (Å²) in [5.74, 6) is 0.836. The van der Waals surface area contributed by atoms with Crippen molar-refractivity contribution >= 4 is 22.3 Å². The molecule has 0 saturated carbocycles. The molecule has 3 rings (SSSR count). The number of hydrogen-bond acceptors (Lipinski definition) is 6. The van der Waals surface area contributed by atoms with E-state index in [4.69, 9.17) is 0 Å². The van der Waals surface area contributed by atoms with Gasteiger partial charge in [0, 0.05) is 18.9 Å². The van der Waals surface area contributed by atoms with E-state index in [2.05, 4.69) is 70.5 Å². The van der Waals surface area contributed by atoms with Crippen LogP contribution in [-0.2, 0) is 6.54 Å². The third-order valence-corrected chi connectivity index (χ3v) is 5.18. The number of aromatic nitrogens is 2. The normalized spacial score (nSPS) is 11.3. The van der Waals surface area contributed by atoms with Gasteiger partial charge in [-0.1, -0.05) is 41.7 Å². The van der Waals surface area contributed by atoms with Crippen LogP contribution in [0.4, 0.5) is 10.9 Å². The van der Waals surface area contributed by atoms with Crippen LogP contribution in [0.1, 0.15) is 12.0 Å². The lowest BCUT2D eigenvalue weighted by atomic mass is 10.2. The Morgan fingerprint density at radius 2 is 1.81 bits per heavy atom. The first-order chi connectivity index (χ1) is 13.1. The van der Waals surface area contributed by atoms with Crippen molar-refractivity contribution in [3.8, 4) is 10.4 Å². The van der Waals surface area contributed by atoms with Gasteiger partial charge >= 0.3 is 0 Å². The molecule has 0 aliphatic rings. The van der Waals surface area contributed by atoms with Crippen LogP contribution in [0.25, 0.3) is 10.4 Å². The number of nitrogens with zero attached hydrogens (tertiary/aromatic N) is 4. The quantitative estimate of drug-likeness (QED) is 0.598. The standard InChI is InChI=1S/C21H27N5S/c1-25(2)12-7-13-26(3)16-17-10-11-22-20(14-17)24-21-23-15-19(27-21)18-8-5-4-6-9-18/h4-6,8-11,14-15H,7,12-13,16H2,1-3H3,(H,22,23,24). The van der Waals surface area contributed by atoms with Crippen LogP contribution >= 0.6 is 11.3 Å². The second-order valence-electron chi connectivity index (χ2n) is 6.96. The van der Waals surface area contributed by atoms with Crippen molar-refractivity contribution in [1.29, 1.82) is 0 Å². The maximum Gasteiger partial charge on any atom is 0.188 e. The Labute approximate surface area is 165 Å². The second-order valence-corrected chi connectivity index (χ2v) is 8.00. The summed E-state index contributed by atoms with van der Waals surface area (Å²) in [5, 5.41) is 4.20. The smallest absolute Gasteiger partial charge is 0.188 e. The summed E-state index contributed by atoms with van der Waals surface area (Å²) in [6.45, 7) is 3.11. The van der Waals surface area contributed by atoms with E-state index >= 15 is 0 Å². The Morgan fingerprint density at radius 1 is 1.00 bits per heavy atom. The zero-order chi connectivity index (χ0) is 19.1. The highest BCUT2D eigenvalue weighted by atomic mass is 32.1. The predicted octanol–water partition coefficient (Wildman–Crippen LogP) is 4.33. The van der Waals surface area contributed by atoms with Gasteiger partial charge in [-0.05, 0) is 63.9 Å². The maximum atomic E-state index is 4.49. The van der Waals surface area contributed by atoms with Crippen molar-refractivity contribution in [1.82, 2.24) is 19.8 Å². The van der Waals surface area contributed by atoms with Gasteiger partial charge < -0.3 is 15.1 Å². The molecule has 5 nitrogen and oxygen atoms in total. The molecule has 6 heteroatoms. The average molecular weight is 382 g/mol. The van der Waals surface area contributed by atoms with Crippen LogP contribution in [0.3, 0.4) is 0 Å². The van der Waals surface area contributed by atoms with E-state index in [1.54, 1.807) is 11.3 Å². The Balaban J connectivity index is 1.58. The number of hydrogen-bond donors (Lipinski definition) is 1. The fourth-order valence-electron chi connectivity index (χ4n) is 2.87. The van der Waals surface area contributed by atoms with E-state index in [1.165, 1.54) is 17.5 Å². The van der Waals surface area contributed by atoms with E-state index in [1.807, 2.05) is 30.6 Å². The van der Waals surface area contributed by atoms with Gasteiger partial charge in [-0.15, -0.1) is 0 Å². The molecule has 0 unspecified atom stereocenters. The SMILES string of the molecule is CN(C)CCCN(C)Cc1ccnc(Nc2ncc(-c3ccccc3)s2)c1. The summed E-state index contributed by atoms with van der Waals surface area (Å²) in [4.78, 5) is 14.6. The monoisotopic (exact) mass is 381 g/mol.